The SMILES string of the molecule is C[C@@H](Sc1ccc2nnc(-c3ccn(C)n3)n2n1)C(=O)N1CCCCC1. The van der Waals surface area contributed by atoms with Gasteiger partial charge in [0.05, 0.1) is 5.25 Å². The van der Waals surface area contributed by atoms with Crippen molar-refractivity contribution in [1.29, 1.82) is 0 Å². The molecule has 0 N–H and O–H groups in total. The lowest BCUT2D eigenvalue weighted by molar-refractivity contribution is -0.131. The Morgan fingerprint density at radius 1 is 1.12 bits per heavy atom. The summed E-state index contributed by atoms with van der Waals surface area (Å²) in [6.45, 7) is 3.68. The van der Waals surface area contributed by atoms with Crippen molar-refractivity contribution in [1.82, 2.24) is 34.5 Å². The first-order chi connectivity index (χ1) is 12.6. The van der Waals surface area contributed by atoms with Gasteiger partial charge in [0.1, 0.15) is 10.7 Å². The van der Waals surface area contributed by atoms with E-state index in [1.807, 2.05) is 43.3 Å². The minimum absolute atomic E-state index is 0.173. The van der Waals surface area contributed by atoms with E-state index in [2.05, 4.69) is 20.4 Å². The maximum atomic E-state index is 12.6. The predicted molar refractivity (Wildman–Crippen MR) is 98.7 cm³/mol. The Morgan fingerprint density at radius 2 is 1.92 bits per heavy atom. The summed E-state index contributed by atoms with van der Waals surface area (Å²) in [6.07, 6.45) is 5.27. The molecule has 9 heteroatoms. The Labute approximate surface area is 155 Å². The van der Waals surface area contributed by atoms with E-state index in [1.54, 1.807) is 9.20 Å². The van der Waals surface area contributed by atoms with Crippen molar-refractivity contribution < 1.29 is 4.79 Å². The lowest BCUT2D eigenvalue weighted by Gasteiger charge is -2.28. The molecule has 0 unspecified atom stereocenters. The standard InChI is InChI=1S/C17H21N7OS/c1-12(17(25)23-9-4-3-5-10-23)26-15-7-6-14-18-19-16(24(14)21-15)13-8-11-22(2)20-13/h6-8,11-12H,3-5,9-10H2,1-2H3/t12-/m1/s1. The van der Waals surface area contributed by atoms with Crippen LogP contribution in [0.1, 0.15) is 26.2 Å². The van der Waals surface area contributed by atoms with Crippen LogP contribution in [0.25, 0.3) is 17.2 Å². The average molecular weight is 371 g/mol. The fraction of sp³-hybridized carbons (Fsp3) is 0.471. The van der Waals surface area contributed by atoms with Crippen molar-refractivity contribution in [2.75, 3.05) is 13.1 Å². The van der Waals surface area contributed by atoms with Gasteiger partial charge in [-0.3, -0.25) is 9.48 Å². The number of nitrogens with zero attached hydrogens (tertiary/aromatic N) is 7. The molecule has 4 rings (SSSR count). The Hall–Kier alpha value is -2.42. The number of aromatic nitrogens is 6. The molecule has 0 spiro atoms. The number of carbonyl (C=O) groups excluding carboxylic acids is 1. The van der Waals surface area contributed by atoms with Crippen LogP contribution in [0.4, 0.5) is 0 Å². The van der Waals surface area contributed by atoms with Crippen LogP contribution in [0, 0.1) is 0 Å². The second kappa shape index (κ2) is 7.06. The molecule has 0 bridgehead atoms. The molecule has 1 aliphatic heterocycles. The van der Waals surface area contributed by atoms with Crippen LogP contribution in [0.2, 0.25) is 0 Å². The number of hydrogen-bond acceptors (Lipinski definition) is 6. The van der Waals surface area contributed by atoms with Gasteiger partial charge in [0.2, 0.25) is 11.7 Å². The summed E-state index contributed by atoms with van der Waals surface area (Å²) in [5.74, 6) is 0.781. The summed E-state index contributed by atoms with van der Waals surface area (Å²) in [5, 5.41) is 17.9. The normalized spacial score (nSPS) is 16.2. The van der Waals surface area contributed by atoms with Crippen LogP contribution in [0.15, 0.2) is 29.4 Å². The highest BCUT2D eigenvalue weighted by atomic mass is 32.2. The molecule has 0 aliphatic carbocycles. The van der Waals surface area contributed by atoms with Gasteiger partial charge in [-0.25, -0.2) is 0 Å². The van der Waals surface area contributed by atoms with Gasteiger partial charge in [0, 0.05) is 26.3 Å². The monoisotopic (exact) mass is 371 g/mol. The molecule has 26 heavy (non-hydrogen) atoms. The van der Waals surface area contributed by atoms with Crippen molar-refractivity contribution in [3.63, 3.8) is 0 Å². The van der Waals surface area contributed by atoms with Crippen molar-refractivity contribution >= 4 is 23.3 Å². The zero-order valence-corrected chi connectivity index (χ0v) is 15.7. The zero-order valence-electron chi connectivity index (χ0n) is 14.9. The second-order valence-electron chi connectivity index (χ2n) is 6.49. The van der Waals surface area contributed by atoms with Gasteiger partial charge in [0.25, 0.3) is 0 Å². The van der Waals surface area contributed by atoms with E-state index >= 15 is 0 Å². The van der Waals surface area contributed by atoms with Crippen LogP contribution in [0.5, 0.6) is 0 Å². The lowest BCUT2D eigenvalue weighted by Crippen LogP contribution is -2.40. The molecule has 1 atom stereocenters. The zero-order chi connectivity index (χ0) is 18.1. The van der Waals surface area contributed by atoms with Crippen LogP contribution in [0.3, 0.4) is 0 Å². The largest absolute Gasteiger partial charge is 0.342 e. The summed E-state index contributed by atoms with van der Waals surface area (Å²) in [7, 11) is 1.86. The number of piperidine rings is 1. The molecule has 0 saturated carbocycles. The van der Waals surface area contributed by atoms with E-state index in [9.17, 15) is 4.79 Å². The topological polar surface area (TPSA) is 81.2 Å². The average Bonchev–Trinajstić information content (AvgIpc) is 3.27. The van der Waals surface area contributed by atoms with E-state index in [1.165, 1.54) is 18.2 Å². The predicted octanol–water partition coefficient (Wildman–Crippen LogP) is 2.02. The maximum absolute atomic E-state index is 12.6. The first-order valence-corrected chi connectivity index (χ1v) is 9.68. The van der Waals surface area contributed by atoms with E-state index in [0.29, 0.717) is 17.2 Å². The van der Waals surface area contributed by atoms with Crippen LogP contribution in [-0.2, 0) is 11.8 Å². The maximum Gasteiger partial charge on any atom is 0.235 e. The summed E-state index contributed by atoms with van der Waals surface area (Å²) in [5.41, 5.74) is 1.37. The smallest absolute Gasteiger partial charge is 0.235 e. The number of carbonyl (C=O) groups is 1. The molecule has 136 valence electrons. The number of fused-ring (bicyclic) bond motifs is 1. The van der Waals surface area contributed by atoms with Crippen molar-refractivity contribution in [3.05, 3.63) is 24.4 Å². The number of aryl methyl sites for hydroxylation is 1. The molecule has 0 aromatic carbocycles. The van der Waals surface area contributed by atoms with Gasteiger partial charge in [0.15, 0.2) is 5.65 Å². The molecule has 3 aromatic heterocycles. The molecule has 1 aliphatic rings. The minimum Gasteiger partial charge on any atom is -0.342 e. The summed E-state index contributed by atoms with van der Waals surface area (Å²) in [6, 6.07) is 5.63. The molecular weight excluding hydrogens is 350 g/mol. The quantitative estimate of drug-likeness (QED) is 0.653. The minimum atomic E-state index is -0.173. The first kappa shape index (κ1) is 17.0. The molecule has 0 radical (unpaired) electrons. The van der Waals surface area contributed by atoms with Crippen molar-refractivity contribution in [3.8, 4) is 11.5 Å². The number of amides is 1. The van der Waals surface area contributed by atoms with Crippen LogP contribution < -0.4 is 0 Å². The third kappa shape index (κ3) is 3.31. The van der Waals surface area contributed by atoms with E-state index in [-0.39, 0.29) is 11.2 Å². The van der Waals surface area contributed by atoms with Gasteiger partial charge in [-0.1, -0.05) is 11.8 Å². The van der Waals surface area contributed by atoms with Crippen LogP contribution in [-0.4, -0.2) is 58.7 Å². The highest BCUT2D eigenvalue weighted by molar-refractivity contribution is 8.00. The Kier molecular flexibility index (Phi) is 4.62. The molecule has 4 heterocycles. The first-order valence-electron chi connectivity index (χ1n) is 8.80. The number of thioether (sulfide) groups is 1. The Balaban J connectivity index is 1.56. The summed E-state index contributed by atoms with van der Waals surface area (Å²) < 4.78 is 3.40. The van der Waals surface area contributed by atoms with Crippen LogP contribution >= 0.6 is 11.8 Å². The summed E-state index contributed by atoms with van der Waals surface area (Å²) >= 11 is 1.47. The van der Waals surface area contributed by atoms with E-state index in [0.717, 1.165) is 31.0 Å². The third-order valence-corrected chi connectivity index (χ3v) is 5.51. The highest BCUT2D eigenvalue weighted by Crippen LogP contribution is 2.25. The van der Waals surface area contributed by atoms with E-state index < -0.39 is 0 Å². The fourth-order valence-electron chi connectivity index (χ4n) is 3.13. The molecular formula is C17H21N7OS. The second-order valence-corrected chi connectivity index (χ2v) is 7.85. The molecule has 3 aromatic rings. The van der Waals surface area contributed by atoms with Gasteiger partial charge >= 0.3 is 0 Å². The van der Waals surface area contributed by atoms with Gasteiger partial charge in [-0.05, 0) is 44.4 Å². The summed E-state index contributed by atoms with van der Waals surface area (Å²) in [4.78, 5) is 14.6. The Morgan fingerprint density at radius 3 is 2.65 bits per heavy atom. The van der Waals surface area contributed by atoms with E-state index in [4.69, 9.17) is 0 Å². The Bertz CT molecular complexity index is 928. The fourth-order valence-corrected chi connectivity index (χ4v) is 4.02. The molecule has 8 nitrogen and oxygen atoms in total. The molecule has 1 saturated heterocycles. The third-order valence-electron chi connectivity index (χ3n) is 4.49. The van der Waals surface area contributed by atoms with Gasteiger partial charge in [-0.2, -0.15) is 14.7 Å². The van der Waals surface area contributed by atoms with Gasteiger partial charge < -0.3 is 4.90 Å². The van der Waals surface area contributed by atoms with Crippen molar-refractivity contribution in [2.45, 2.75) is 36.5 Å². The van der Waals surface area contributed by atoms with Gasteiger partial charge in [-0.15, -0.1) is 10.2 Å². The lowest BCUT2D eigenvalue weighted by atomic mass is 10.1. The number of hydrogen-bond donors (Lipinski definition) is 0. The molecule has 1 amide bonds. The van der Waals surface area contributed by atoms with Crippen molar-refractivity contribution in [2.24, 2.45) is 7.05 Å². The number of rotatable bonds is 4. The molecule has 1 fully saturated rings. The highest BCUT2D eigenvalue weighted by Gasteiger charge is 2.23. The number of likely N-dealkylation sites (tertiary alicyclic amines) is 1.